The first-order valence-corrected chi connectivity index (χ1v) is 22.3. The molecule has 1 N–H and O–H groups in total. The maximum Gasteiger partial charge on any atom is 0.328 e. The summed E-state index contributed by atoms with van der Waals surface area (Å²) in [7, 11) is 0. The molecule has 4 amide bonds. The molecule has 12 nitrogen and oxygen atoms in total. The van der Waals surface area contributed by atoms with Gasteiger partial charge in [0, 0.05) is 62.3 Å². The number of unbranched alkanes of at least 4 members (excludes halogenated alkanes) is 3. The monoisotopic (exact) mass is 843 g/mol. The van der Waals surface area contributed by atoms with Crippen molar-refractivity contribution < 1.29 is 33.3 Å². The highest BCUT2D eigenvalue weighted by Crippen LogP contribution is 2.37. The van der Waals surface area contributed by atoms with Gasteiger partial charge < -0.3 is 28.4 Å². The van der Waals surface area contributed by atoms with Crippen LogP contribution >= 0.6 is 0 Å². The minimum atomic E-state index is -0.433. The third-order valence-corrected chi connectivity index (χ3v) is 11.6. The first kappa shape index (κ1) is 44.1. The molecular weight excluding hydrogens is 783 g/mol. The van der Waals surface area contributed by atoms with Crippen LogP contribution in [0, 0.1) is 6.92 Å². The third-order valence-electron chi connectivity index (χ3n) is 11.6. The molecule has 1 aromatic heterocycles. The van der Waals surface area contributed by atoms with Crippen LogP contribution in [0.2, 0.25) is 0 Å². The number of carbonyl (C=O) groups excluding carboxylic acids is 3. The van der Waals surface area contributed by atoms with E-state index < -0.39 is 6.03 Å². The maximum atomic E-state index is 12.9. The Bertz CT molecular complexity index is 2250. The highest BCUT2D eigenvalue weighted by Gasteiger charge is 2.25. The fourth-order valence-electron chi connectivity index (χ4n) is 8.00. The molecule has 0 unspecified atom stereocenters. The Hall–Kier alpha value is -6.01. The van der Waals surface area contributed by atoms with Gasteiger partial charge in [-0.2, -0.15) is 0 Å². The summed E-state index contributed by atoms with van der Waals surface area (Å²) in [6, 6.07) is 30.0. The van der Waals surface area contributed by atoms with Crippen molar-refractivity contribution in [3.05, 3.63) is 102 Å². The van der Waals surface area contributed by atoms with Gasteiger partial charge in [-0.25, -0.2) is 4.79 Å². The molecule has 0 saturated carbocycles. The van der Waals surface area contributed by atoms with E-state index >= 15 is 0 Å². The van der Waals surface area contributed by atoms with Crippen molar-refractivity contribution in [1.82, 2.24) is 19.7 Å². The number of fused-ring (bicyclic) bond motifs is 1. The van der Waals surface area contributed by atoms with Gasteiger partial charge in [-0.3, -0.25) is 24.7 Å². The molecule has 2 aliphatic rings. The normalized spacial score (nSPS) is 14.6. The van der Waals surface area contributed by atoms with Crippen molar-refractivity contribution in [2.24, 2.45) is 0 Å². The van der Waals surface area contributed by atoms with Gasteiger partial charge in [0.25, 0.3) is 5.91 Å². The van der Waals surface area contributed by atoms with E-state index in [0.29, 0.717) is 37.7 Å². The summed E-state index contributed by atoms with van der Waals surface area (Å²) < 4.78 is 26.4. The lowest BCUT2D eigenvalue weighted by atomic mass is 10.1. The van der Waals surface area contributed by atoms with Crippen LogP contribution in [0.15, 0.2) is 91.0 Å². The lowest BCUT2D eigenvalue weighted by molar-refractivity contribution is -0.135. The Morgan fingerprint density at radius 1 is 0.661 bits per heavy atom. The summed E-state index contributed by atoms with van der Waals surface area (Å²) in [6.07, 6.45) is 6.50. The molecule has 2 aliphatic heterocycles. The van der Waals surface area contributed by atoms with Crippen LogP contribution in [0.25, 0.3) is 22.2 Å². The summed E-state index contributed by atoms with van der Waals surface area (Å²) in [5, 5.41) is 3.52. The maximum absolute atomic E-state index is 12.9. The SMILES string of the molecule is CCCCOc1ccc(-c2c(C)c3cc(OCCCC)ccc3n2Cc2ccc(OCCCCN3CCN(C(=O)COc4ccc(N5CCC(=O)NC5=O)cc4)CC3)cc2)cc1. The Kier molecular flexibility index (Phi) is 15.4. The fourth-order valence-corrected chi connectivity index (χ4v) is 8.00. The van der Waals surface area contributed by atoms with Crippen molar-refractivity contribution in [3.63, 3.8) is 0 Å². The van der Waals surface area contributed by atoms with Crippen LogP contribution in [0.3, 0.4) is 0 Å². The largest absolute Gasteiger partial charge is 0.494 e. The smallest absolute Gasteiger partial charge is 0.328 e. The van der Waals surface area contributed by atoms with E-state index in [1.165, 1.54) is 32.6 Å². The number of nitrogens with zero attached hydrogens (tertiary/aromatic N) is 4. The zero-order valence-electron chi connectivity index (χ0n) is 36.5. The Balaban J connectivity index is 0.854. The molecule has 62 heavy (non-hydrogen) atoms. The topological polar surface area (TPSA) is 115 Å². The van der Waals surface area contributed by atoms with Gasteiger partial charge in [-0.1, -0.05) is 38.8 Å². The number of hydrogen-bond donors (Lipinski definition) is 1. The molecule has 2 fully saturated rings. The first-order valence-electron chi connectivity index (χ1n) is 22.3. The number of nitrogens with one attached hydrogen (secondary N) is 1. The van der Waals surface area contributed by atoms with E-state index in [9.17, 15) is 14.4 Å². The summed E-state index contributed by atoms with van der Waals surface area (Å²) >= 11 is 0. The number of urea groups is 1. The minimum absolute atomic E-state index is 0.0416. The van der Waals surface area contributed by atoms with E-state index in [0.717, 1.165) is 101 Å². The number of rotatable bonds is 21. The minimum Gasteiger partial charge on any atom is -0.494 e. The van der Waals surface area contributed by atoms with Crippen molar-refractivity contribution in [3.8, 4) is 34.3 Å². The molecule has 0 aliphatic carbocycles. The third kappa shape index (κ3) is 11.5. The standard InChI is InChI=1S/C50H61N5O7/c1-4-6-31-59-42-18-12-39(13-19-42)49-37(3)45-34-44(61-32-7-5-2)22-23-46(45)55(49)35-38-10-16-41(17-11-38)60-33-9-8-25-52-27-29-53(30-28-52)48(57)36-62-43-20-14-40(15-21-43)54-26-24-47(56)51-50(54)58/h10-23,34H,4-9,24-33,35-36H2,1-3H3,(H,51,56,58). The second-order valence-corrected chi connectivity index (χ2v) is 16.1. The lowest BCUT2D eigenvalue weighted by Crippen LogP contribution is -2.50. The number of aromatic nitrogens is 1. The van der Waals surface area contributed by atoms with Crippen LogP contribution in [0.4, 0.5) is 10.5 Å². The van der Waals surface area contributed by atoms with Crippen molar-refractivity contribution in [1.29, 1.82) is 0 Å². The molecule has 3 heterocycles. The molecule has 5 aromatic rings. The molecule has 0 atom stereocenters. The average Bonchev–Trinajstić information content (AvgIpc) is 3.56. The summed E-state index contributed by atoms with van der Waals surface area (Å²) in [4.78, 5) is 42.2. The predicted octanol–water partition coefficient (Wildman–Crippen LogP) is 8.85. The molecule has 328 valence electrons. The number of amides is 4. The predicted molar refractivity (Wildman–Crippen MR) is 244 cm³/mol. The Morgan fingerprint density at radius 3 is 1.92 bits per heavy atom. The van der Waals surface area contributed by atoms with E-state index in [1.807, 2.05) is 4.90 Å². The van der Waals surface area contributed by atoms with Gasteiger partial charge in [-0.05, 0) is 135 Å². The number of carbonyl (C=O) groups is 3. The van der Waals surface area contributed by atoms with E-state index in [4.69, 9.17) is 18.9 Å². The van der Waals surface area contributed by atoms with Gasteiger partial charge in [-0.15, -0.1) is 0 Å². The Labute approximate surface area is 365 Å². The molecular formula is C50H61N5O7. The number of anilines is 1. The number of aryl methyl sites for hydroxylation is 1. The van der Waals surface area contributed by atoms with Gasteiger partial charge >= 0.3 is 6.03 Å². The highest BCUT2D eigenvalue weighted by molar-refractivity contribution is 6.05. The second kappa shape index (κ2) is 21.7. The van der Waals surface area contributed by atoms with Crippen molar-refractivity contribution >= 4 is 34.4 Å². The second-order valence-electron chi connectivity index (χ2n) is 16.1. The number of piperazine rings is 1. The molecule has 7 rings (SSSR count). The van der Waals surface area contributed by atoms with E-state index in [-0.39, 0.29) is 24.8 Å². The molecule has 0 spiro atoms. The van der Waals surface area contributed by atoms with E-state index in [1.54, 1.807) is 24.3 Å². The number of benzene rings is 4. The lowest BCUT2D eigenvalue weighted by Gasteiger charge is -2.34. The van der Waals surface area contributed by atoms with Crippen LogP contribution < -0.4 is 29.2 Å². The molecule has 4 aromatic carbocycles. The summed E-state index contributed by atoms with van der Waals surface area (Å²) in [6.45, 7) is 13.6. The van der Waals surface area contributed by atoms with Gasteiger partial charge in [0.1, 0.15) is 23.0 Å². The number of ether oxygens (including phenoxy) is 4. The quantitative estimate of drug-likeness (QED) is 0.0730. The van der Waals surface area contributed by atoms with Crippen LogP contribution in [-0.2, 0) is 16.1 Å². The summed E-state index contributed by atoms with van der Waals surface area (Å²) in [5.74, 6) is 2.91. The van der Waals surface area contributed by atoms with Crippen molar-refractivity contribution in [2.75, 3.05) is 70.6 Å². The fraction of sp³-hybridized carbons (Fsp3) is 0.420. The van der Waals surface area contributed by atoms with Gasteiger partial charge in [0.2, 0.25) is 5.91 Å². The van der Waals surface area contributed by atoms with E-state index in [2.05, 4.69) is 102 Å². The zero-order valence-corrected chi connectivity index (χ0v) is 36.5. The van der Waals surface area contributed by atoms with Gasteiger partial charge in [0.15, 0.2) is 6.61 Å². The van der Waals surface area contributed by atoms with Crippen molar-refractivity contribution in [2.45, 2.75) is 72.3 Å². The van der Waals surface area contributed by atoms with Crippen LogP contribution in [0.5, 0.6) is 23.0 Å². The first-order chi connectivity index (χ1) is 30.3. The van der Waals surface area contributed by atoms with Gasteiger partial charge in [0.05, 0.1) is 25.5 Å². The molecule has 2 saturated heterocycles. The van der Waals surface area contributed by atoms with Crippen LogP contribution in [-0.4, -0.2) is 97.9 Å². The number of imide groups is 1. The molecule has 12 heteroatoms. The molecule has 0 bridgehead atoms. The average molecular weight is 844 g/mol. The Morgan fingerprint density at radius 2 is 1.26 bits per heavy atom. The zero-order chi connectivity index (χ0) is 43.3. The summed E-state index contributed by atoms with van der Waals surface area (Å²) in [5.41, 5.74) is 6.62. The molecule has 0 radical (unpaired) electrons. The number of hydrogen-bond acceptors (Lipinski definition) is 8. The highest BCUT2D eigenvalue weighted by atomic mass is 16.5. The van der Waals surface area contributed by atoms with Crippen LogP contribution in [0.1, 0.15) is 69.9 Å².